The fraction of sp³-hybridized carbons (Fsp3) is 0. The number of halogens is 4. The van der Waals surface area contributed by atoms with E-state index in [0.717, 1.165) is 0 Å². The lowest BCUT2D eigenvalue weighted by atomic mass is 10.2. The maximum atomic E-state index is 12.5. The predicted octanol–water partition coefficient (Wildman–Crippen LogP) is 2.02. The smallest absolute Gasteiger partial charge is 0.178 e. The summed E-state index contributed by atoms with van der Waals surface area (Å²) in [6, 6.07) is 1.20. The van der Waals surface area contributed by atoms with Gasteiger partial charge in [0.25, 0.3) is 0 Å². The molecule has 0 fully saturated rings. The SMILES string of the molecule is C#Cc1c(F)c(F)[c]c(F)c1F. The van der Waals surface area contributed by atoms with Gasteiger partial charge in [-0.3, -0.25) is 0 Å². The monoisotopic (exact) mass is 173 g/mol. The van der Waals surface area contributed by atoms with Crippen LogP contribution < -0.4 is 0 Å². The molecular weight excluding hydrogens is 172 g/mol. The highest BCUT2D eigenvalue weighted by Gasteiger charge is 2.17. The Kier molecular flexibility index (Phi) is 2.05. The average Bonchev–Trinajstić information content (AvgIpc) is 2.02. The summed E-state index contributed by atoms with van der Waals surface area (Å²) in [4.78, 5) is 0. The zero-order valence-electron chi connectivity index (χ0n) is 5.59. The molecule has 1 rings (SSSR count). The largest absolute Gasteiger partial charge is 0.203 e. The van der Waals surface area contributed by atoms with E-state index in [9.17, 15) is 17.6 Å². The molecule has 1 aromatic rings. The fourth-order valence-corrected chi connectivity index (χ4v) is 0.649. The van der Waals surface area contributed by atoms with Crippen LogP contribution in [-0.4, -0.2) is 0 Å². The Morgan fingerprint density at radius 3 is 1.75 bits per heavy atom. The first-order chi connectivity index (χ1) is 5.57. The topological polar surface area (TPSA) is 0 Å². The van der Waals surface area contributed by atoms with Crippen LogP contribution in [0.15, 0.2) is 0 Å². The van der Waals surface area contributed by atoms with Gasteiger partial charge in [0, 0.05) is 0 Å². The second kappa shape index (κ2) is 2.86. The van der Waals surface area contributed by atoms with Crippen molar-refractivity contribution in [2.24, 2.45) is 0 Å². The van der Waals surface area contributed by atoms with Gasteiger partial charge in [-0.05, 0) is 0 Å². The molecule has 0 aromatic heterocycles. The third-order valence-electron chi connectivity index (χ3n) is 1.19. The lowest BCUT2D eigenvalue weighted by molar-refractivity contribution is 0.448. The summed E-state index contributed by atoms with van der Waals surface area (Å²) < 4.78 is 49.5. The quantitative estimate of drug-likeness (QED) is 0.320. The van der Waals surface area contributed by atoms with E-state index in [1.54, 1.807) is 0 Å². The molecule has 0 aliphatic rings. The van der Waals surface area contributed by atoms with Crippen LogP contribution >= 0.6 is 0 Å². The van der Waals surface area contributed by atoms with Gasteiger partial charge in [-0.15, -0.1) is 6.42 Å². The van der Waals surface area contributed by atoms with Gasteiger partial charge in [0.1, 0.15) is 5.56 Å². The van der Waals surface area contributed by atoms with Crippen molar-refractivity contribution in [3.05, 3.63) is 34.9 Å². The predicted molar refractivity (Wildman–Crippen MR) is 33.0 cm³/mol. The second-order valence-corrected chi connectivity index (χ2v) is 1.90. The van der Waals surface area contributed by atoms with E-state index in [1.165, 1.54) is 12.0 Å². The van der Waals surface area contributed by atoms with Crippen molar-refractivity contribution in [3.63, 3.8) is 0 Å². The van der Waals surface area contributed by atoms with E-state index < -0.39 is 28.8 Å². The summed E-state index contributed by atoms with van der Waals surface area (Å²) >= 11 is 0. The molecule has 0 nitrogen and oxygen atoms in total. The molecule has 0 unspecified atom stereocenters. The maximum absolute atomic E-state index is 12.5. The zero-order chi connectivity index (χ0) is 9.30. The van der Waals surface area contributed by atoms with Crippen molar-refractivity contribution >= 4 is 0 Å². The van der Waals surface area contributed by atoms with Gasteiger partial charge in [-0.1, -0.05) is 5.92 Å². The first-order valence-electron chi connectivity index (χ1n) is 2.79. The minimum Gasteiger partial charge on any atom is -0.203 e. The Hall–Kier alpha value is -1.50. The van der Waals surface area contributed by atoms with Crippen LogP contribution in [0.4, 0.5) is 17.6 Å². The number of benzene rings is 1. The molecule has 0 atom stereocenters. The molecule has 4 heteroatoms. The fourth-order valence-electron chi connectivity index (χ4n) is 0.649. The van der Waals surface area contributed by atoms with Crippen LogP contribution in [0.5, 0.6) is 0 Å². The number of hydrogen-bond acceptors (Lipinski definition) is 0. The van der Waals surface area contributed by atoms with Crippen molar-refractivity contribution in [1.82, 2.24) is 0 Å². The van der Waals surface area contributed by atoms with Gasteiger partial charge in [0.15, 0.2) is 23.3 Å². The van der Waals surface area contributed by atoms with E-state index in [1.807, 2.05) is 0 Å². The van der Waals surface area contributed by atoms with Crippen molar-refractivity contribution in [2.45, 2.75) is 0 Å². The zero-order valence-corrected chi connectivity index (χ0v) is 5.59. The Morgan fingerprint density at radius 1 is 1.00 bits per heavy atom. The molecule has 1 aromatic carbocycles. The maximum Gasteiger partial charge on any atom is 0.178 e. The number of terminal acetylenes is 1. The lowest BCUT2D eigenvalue weighted by Crippen LogP contribution is -1.98. The summed E-state index contributed by atoms with van der Waals surface area (Å²) in [6.07, 6.45) is 4.61. The van der Waals surface area contributed by atoms with Gasteiger partial charge in [-0.2, -0.15) is 0 Å². The average molecular weight is 173 g/mol. The van der Waals surface area contributed by atoms with Crippen molar-refractivity contribution in [1.29, 1.82) is 0 Å². The van der Waals surface area contributed by atoms with Crippen LogP contribution in [-0.2, 0) is 0 Å². The molecule has 61 valence electrons. The molecule has 0 amide bonds. The highest BCUT2D eigenvalue weighted by atomic mass is 19.2. The van der Waals surface area contributed by atoms with Crippen LogP contribution in [0, 0.1) is 41.7 Å². The molecule has 0 saturated carbocycles. The molecule has 1 radical (unpaired) electrons. The standard InChI is InChI=1S/C8HF4/c1-2-4-7(11)5(9)3-6(10)8(4)12/h1H. The van der Waals surface area contributed by atoms with Crippen molar-refractivity contribution < 1.29 is 17.6 Å². The first kappa shape index (κ1) is 8.60. The van der Waals surface area contributed by atoms with E-state index in [-0.39, 0.29) is 0 Å². The molecule has 0 heterocycles. The van der Waals surface area contributed by atoms with Crippen LogP contribution in [0.1, 0.15) is 5.56 Å². The number of hydrogen-bond donors (Lipinski definition) is 0. The van der Waals surface area contributed by atoms with E-state index in [2.05, 4.69) is 6.42 Å². The summed E-state index contributed by atoms with van der Waals surface area (Å²) in [5.41, 5.74) is -1.05. The normalized spacial score (nSPS) is 9.58. The van der Waals surface area contributed by atoms with Crippen LogP contribution in [0.3, 0.4) is 0 Å². The third kappa shape index (κ3) is 1.14. The van der Waals surface area contributed by atoms with Gasteiger partial charge in [-0.25, -0.2) is 17.6 Å². The van der Waals surface area contributed by atoms with E-state index >= 15 is 0 Å². The van der Waals surface area contributed by atoms with Crippen molar-refractivity contribution in [2.75, 3.05) is 0 Å². The van der Waals surface area contributed by atoms with Gasteiger partial charge < -0.3 is 0 Å². The molecular formula is C8HF4. The highest BCUT2D eigenvalue weighted by Crippen LogP contribution is 2.17. The van der Waals surface area contributed by atoms with Crippen molar-refractivity contribution in [3.8, 4) is 12.3 Å². The van der Waals surface area contributed by atoms with Gasteiger partial charge in [0.2, 0.25) is 0 Å². The van der Waals surface area contributed by atoms with E-state index in [4.69, 9.17) is 0 Å². The highest BCUT2D eigenvalue weighted by molar-refractivity contribution is 5.35. The summed E-state index contributed by atoms with van der Waals surface area (Å²) in [7, 11) is 0. The second-order valence-electron chi connectivity index (χ2n) is 1.90. The van der Waals surface area contributed by atoms with Gasteiger partial charge in [0.05, 0.1) is 6.07 Å². The molecule has 0 bridgehead atoms. The molecule has 12 heavy (non-hydrogen) atoms. The third-order valence-corrected chi connectivity index (χ3v) is 1.19. The first-order valence-corrected chi connectivity index (χ1v) is 2.79. The lowest BCUT2D eigenvalue weighted by Gasteiger charge is -1.98. The molecule has 0 aliphatic heterocycles. The Bertz CT molecular complexity index is 336. The summed E-state index contributed by atoms with van der Waals surface area (Å²) in [5, 5.41) is 0. The molecule has 0 aliphatic carbocycles. The van der Waals surface area contributed by atoms with Crippen LogP contribution in [0.25, 0.3) is 0 Å². The Labute approximate surface area is 65.8 Å². The Balaban J connectivity index is 3.56. The number of rotatable bonds is 0. The minimum atomic E-state index is -1.62. The summed E-state index contributed by atoms with van der Waals surface area (Å²) in [5.74, 6) is -4.95. The molecule has 0 saturated heterocycles. The van der Waals surface area contributed by atoms with Crippen LogP contribution in [0.2, 0.25) is 0 Å². The van der Waals surface area contributed by atoms with E-state index in [0.29, 0.717) is 0 Å². The summed E-state index contributed by atoms with van der Waals surface area (Å²) in [6.45, 7) is 0. The molecule has 0 spiro atoms. The molecule has 0 N–H and O–H groups in total. The minimum absolute atomic E-state index is 1.05. The Morgan fingerprint density at radius 2 is 1.42 bits per heavy atom. The van der Waals surface area contributed by atoms with Gasteiger partial charge >= 0.3 is 0 Å².